The molecular formula is C17H23N5O3. The molecule has 1 atom stereocenters. The van der Waals surface area contributed by atoms with Crippen LogP contribution in [0.25, 0.3) is 0 Å². The Bertz CT molecular complexity index is 689. The first-order valence-corrected chi connectivity index (χ1v) is 8.43. The third-order valence-electron chi connectivity index (χ3n) is 4.13. The van der Waals surface area contributed by atoms with E-state index < -0.39 is 0 Å². The maximum Gasteiger partial charge on any atom is 0.220 e. The average molecular weight is 345 g/mol. The average Bonchev–Trinajstić information content (AvgIpc) is 3.07. The molecule has 1 unspecified atom stereocenters. The molecule has 2 aromatic heterocycles. The van der Waals surface area contributed by atoms with Gasteiger partial charge in [-0.2, -0.15) is 5.10 Å². The Morgan fingerprint density at radius 1 is 1.44 bits per heavy atom. The molecule has 8 nitrogen and oxygen atoms in total. The maximum absolute atomic E-state index is 12.1. The highest BCUT2D eigenvalue weighted by Gasteiger charge is 2.25. The van der Waals surface area contributed by atoms with Gasteiger partial charge in [0.1, 0.15) is 12.4 Å². The minimum Gasteiger partial charge on any atom is -0.383 e. The number of hydrogen-bond acceptors (Lipinski definition) is 6. The first-order valence-electron chi connectivity index (χ1n) is 8.43. The molecule has 1 amide bonds. The zero-order valence-corrected chi connectivity index (χ0v) is 14.4. The van der Waals surface area contributed by atoms with Crippen LogP contribution < -0.4 is 5.32 Å². The third-order valence-corrected chi connectivity index (χ3v) is 4.13. The Kier molecular flexibility index (Phi) is 6.08. The molecular weight excluding hydrogens is 322 g/mol. The lowest BCUT2D eigenvalue weighted by Crippen LogP contribution is -2.32. The quantitative estimate of drug-likeness (QED) is 0.757. The Labute approximate surface area is 146 Å². The summed E-state index contributed by atoms with van der Waals surface area (Å²) in [6.45, 7) is 2.40. The molecule has 0 fully saturated rings. The van der Waals surface area contributed by atoms with Crippen LogP contribution in [0.2, 0.25) is 0 Å². The minimum absolute atomic E-state index is 0.0154. The van der Waals surface area contributed by atoms with Crippen LogP contribution in [-0.2, 0) is 33.7 Å². The number of hydrogen-bond donors (Lipinski definition) is 1. The van der Waals surface area contributed by atoms with E-state index in [9.17, 15) is 4.79 Å². The summed E-state index contributed by atoms with van der Waals surface area (Å²) in [5.41, 5.74) is 3.05. The Morgan fingerprint density at radius 2 is 2.28 bits per heavy atom. The molecule has 0 saturated carbocycles. The lowest BCUT2D eigenvalue weighted by atomic mass is 10.1. The molecule has 1 N–H and O–H groups in total. The van der Waals surface area contributed by atoms with Crippen molar-refractivity contribution in [1.29, 1.82) is 0 Å². The molecule has 3 rings (SSSR count). The van der Waals surface area contributed by atoms with Gasteiger partial charge in [0, 0.05) is 38.7 Å². The summed E-state index contributed by atoms with van der Waals surface area (Å²) in [4.78, 5) is 20.0. The number of amides is 1. The molecule has 0 spiro atoms. The van der Waals surface area contributed by atoms with Crippen LogP contribution in [-0.4, -0.2) is 52.5 Å². The second-order valence-electron chi connectivity index (χ2n) is 5.96. The summed E-state index contributed by atoms with van der Waals surface area (Å²) in [5, 5.41) is 7.52. The molecule has 0 aromatic carbocycles. The van der Waals surface area contributed by atoms with Crippen molar-refractivity contribution in [3.05, 3.63) is 41.7 Å². The van der Waals surface area contributed by atoms with E-state index in [-0.39, 0.29) is 12.0 Å². The summed E-state index contributed by atoms with van der Waals surface area (Å²) in [6, 6.07) is 0. The van der Waals surface area contributed by atoms with Crippen molar-refractivity contribution in [3.63, 3.8) is 0 Å². The monoisotopic (exact) mass is 345 g/mol. The summed E-state index contributed by atoms with van der Waals surface area (Å²) in [7, 11) is 1.67. The van der Waals surface area contributed by atoms with Crippen molar-refractivity contribution in [2.24, 2.45) is 0 Å². The second kappa shape index (κ2) is 8.68. The van der Waals surface area contributed by atoms with Crippen LogP contribution >= 0.6 is 0 Å². The van der Waals surface area contributed by atoms with E-state index in [0.717, 1.165) is 17.7 Å². The molecule has 1 aliphatic heterocycles. The number of aryl methyl sites for hydroxylation is 1. The van der Waals surface area contributed by atoms with E-state index >= 15 is 0 Å². The Balaban J connectivity index is 1.50. The number of rotatable bonds is 8. The predicted molar refractivity (Wildman–Crippen MR) is 89.9 cm³/mol. The van der Waals surface area contributed by atoms with E-state index in [1.807, 2.05) is 10.9 Å². The maximum atomic E-state index is 12.1. The van der Waals surface area contributed by atoms with Crippen molar-refractivity contribution in [2.75, 3.05) is 26.9 Å². The lowest BCUT2D eigenvalue weighted by Gasteiger charge is -2.22. The normalized spacial score (nSPS) is 16.4. The molecule has 8 heteroatoms. The number of carbonyl (C=O) groups excluding carboxylic acids is 1. The van der Waals surface area contributed by atoms with Crippen molar-refractivity contribution in [2.45, 2.75) is 31.9 Å². The summed E-state index contributed by atoms with van der Waals surface area (Å²) in [5.74, 6) is -0.0154. The standard InChI is InChI=1S/C17H23N5O3/c1-24-7-5-22-11-14-4-6-25-15(17(14)21-22)10-20-16(23)3-2-13-8-18-12-19-9-13/h8-9,11-12,15H,2-7,10H2,1H3,(H,20,23). The fourth-order valence-electron chi connectivity index (χ4n) is 2.80. The van der Waals surface area contributed by atoms with Gasteiger partial charge in [-0.3, -0.25) is 9.48 Å². The number of carbonyl (C=O) groups is 1. The first kappa shape index (κ1) is 17.5. The van der Waals surface area contributed by atoms with E-state index in [2.05, 4.69) is 20.4 Å². The second-order valence-corrected chi connectivity index (χ2v) is 5.96. The summed E-state index contributed by atoms with van der Waals surface area (Å²) in [6.07, 6.45) is 8.64. The van der Waals surface area contributed by atoms with Gasteiger partial charge in [0.05, 0.1) is 25.5 Å². The van der Waals surface area contributed by atoms with Crippen molar-refractivity contribution in [1.82, 2.24) is 25.1 Å². The number of nitrogens with one attached hydrogen (secondary N) is 1. The van der Waals surface area contributed by atoms with Crippen LogP contribution in [0.3, 0.4) is 0 Å². The highest BCUT2D eigenvalue weighted by molar-refractivity contribution is 5.76. The molecule has 1 aliphatic rings. The molecule has 3 heterocycles. The molecule has 25 heavy (non-hydrogen) atoms. The van der Waals surface area contributed by atoms with Crippen LogP contribution in [0, 0.1) is 0 Å². The smallest absolute Gasteiger partial charge is 0.220 e. The van der Waals surface area contributed by atoms with E-state index in [1.165, 1.54) is 11.9 Å². The van der Waals surface area contributed by atoms with Gasteiger partial charge >= 0.3 is 0 Å². The minimum atomic E-state index is -0.198. The highest BCUT2D eigenvalue weighted by Crippen LogP contribution is 2.25. The highest BCUT2D eigenvalue weighted by atomic mass is 16.5. The number of aromatic nitrogens is 4. The fourth-order valence-corrected chi connectivity index (χ4v) is 2.80. The molecule has 0 aliphatic carbocycles. The third kappa shape index (κ3) is 4.83. The van der Waals surface area contributed by atoms with Gasteiger partial charge in [-0.25, -0.2) is 9.97 Å². The van der Waals surface area contributed by atoms with E-state index in [1.54, 1.807) is 19.5 Å². The predicted octanol–water partition coefficient (Wildman–Crippen LogP) is 0.682. The molecule has 134 valence electrons. The number of fused-ring (bicyclic) bond motifs is 1. The van der Waals surface area contributed by atoms with Crippen molar-refractivity contribution >= 4 is 5.91 Å². The van der Waals surface area contributed by atoms with Crippen LogP contribution in [0.1, 0.15) is 29.3 Å². The van der Waals surface area contributed by atoms with Crippen molar-refractivity contribution < 1.29 is 14.3 Å². The number of methoxy groups -OCH3 is 1. The van der Waals surface area contributed by atoms with Gasteiger partial charge in [0.2, 0.25) is 5.91 Å². The van der Waals surface area contributed by atoms with Crippen molar-refractivity contribution in [3.8, 4) is 0 Å². The van der Waals surface area contributed by atoms with Gasteiger partial charge < -0.3 is 14.8 Å². The molecule has 0 bridgehead atoms. The van der Waals surface area contributed by atoms with E-state index in [4.69, 9.17) is 9.47 Å². The number of ether oxygens (including phenoxy) is 2. The topological polar surface area (TPSA) is 91.2 Å². The van der Waals surface area contributed by atoms with Crippen LogP contribution in [0.15, 0.2) is 24.9 Å². The zero-order valence-electron chi connectivity index (χ0n) is 14.4. The van der Waals surface area contributed by atoms with Gasteiger partial charge in [-0.05, 0) is 24.0 Å². The molecule has 0 saturated heterocycles. The van der Waals surface area contributed by atoms with Crippen LogP contribution in [0.4, 0.5) is 0 Å². The van der Waals surface area contributed by atoms with E-state index in [0.29, 0.717) is 39.1 Å². The Morgan fingerprint density at radius 3 is 3.08 bits per heavy atom. The van der Waals surface area contributed by atoms with Gasteiger partial charge in [0.25, 0.3) is 0 Å². The fraction of sp³-hybridized carbons (Fsp3) is 0.529. The first-order chi connectivity index (χ1) is 12.3. The summed E-state index contributed by atoms with van der Waals surface area (Å²) < 4.78 is 12.8. The zero-order chi connectivity index (χ0) is 17.5. The SMILES string of the molecule is COCCn1cc2c(n1)C(CNC(=O)CCc1cncnc1)OCC2. The molecule has 0 radical (unpaired) electrons. The largest absolute Gasteiger partial charge is 0.383 e. The summed E-state index contributed by atoms with van der Waals surface area (Å²) >= 11 is 0. The molecule has 2 aromatic rings. The van der Waals surface area contributed by atoms with Gasteiger partial charge in [0.15, 0.2) is 0 Å². The lowest BCUT2D eigenvalue weighted by molar-refractivity contribution is -0.121. The van der Waals surface area contributed by atoms with Gasteiger partial charge in [-0.15, -0.1) is 0 Å². The van der Waals surface area contributed by atoms with Crippen LogP contribution in [0.5, 0.6) is 0 Å². The Hall–Kier alpha value is -2.32. The van der Waals surface area contributed by atoms with Gasteiger partial charge in [-0.1, -0.05) is 0 Å². The number of nitrogens with zero attached hydrogens (tertiary/aromatic N) is 4.